The van der Waals surface area contributed by atoms with E-state index in [9.17, 15) is 4.79 Å². The Morgan fingerprint density at radius 3 is 2.70 bits per heavy atom. The summed E-state index contributed by atoms with van der Waals surface area (Å²) >= 11 is 7.77. The number of thiophene rings is 1. The predicted molar refractivity (Wildman–Crippen MR) is 83.7 cm³/mol. The number of rotatable bonds is 4. The Balaban J connectivity index is 1.57. The highest BCUT2D eigenvalue weighted by Gasteiger charge is 2.45. The van der Waals surface area contributed by atoms with E-state index < -0.39 is 0 Å². The van der Waals surface area contributed by atoms with E-state index >= 15 is 0 Å². The molecule has 0 radical (unpaired) electrons. The highest BCUT2D eigenvalue weighted by Crippen LogP contribution is 2.49. The molecule has 2 aromatic rings. The van der Waals surface area contributed by atoms with Crippen molar-refractivity contribution in [2.75, 3.05) is 11.9 Å². The molecule has 2 amide bonds. The molecular formula is C15H15ClN2OS. The molecule has 1 aliphatic rings. The molecule has 0 atom stereocenters. The number of anilines is 1. The Labute approximate surface area is 127 Å². The van der Waals surface area contributed by atoms with Crippen LogP contribution >= 0.6 is 22.9 Å². The number of carbonyl (C=O) groups is 1. The smallest absolute Gasteiger partial charge is 0.319 e. The molecular weight excluding hydrogens is 292 g/mol. The quantitative estimate of drug-likeness (QED) is 0.871. The predicted octanol–water partition coefficient (Wildman–Crippen LogP) is 4.25. The summed E-state index contributed by atoms with van der Waals surface area (Å²) < 4.78 is 0. The lowest BCUT2D eigenvalue weighted by atomic mass is 10.1. The molecule has 104 valence electrons. The minimum absolute atomic E-state index is 0.159. The first-order chi connectivity index (χ1) is 9.70. The fourth-order valence-electron chi connectivity index (χ4n) is 2.22. The van der Waals surface area contributed by atoms with Crippen molar-refractivity contribution in [1.82, 2.24) is 5.32 Å². The van der Waals surface area contributed by atoms with Crippen LogP contribution in [-0.4, -0.2) is 12.6 Å². The van der Waals surface area contributed by atoms with Gasteiger partial charge in [0.25, 0.3) is 0 Å². The average Bonchev–Trinajstić information content (AvgIpc) is 3.03. The fourth-order valence-corrected chi connectivity index (χ4v) is 3.39. The first kappa shape index (κ1) is 13.5. The van der Waals surface area contributed by atoms with Gasteiger partial charge in [-0.3, -0.25) is 0 Å². The Morgan fingerprint density at radius 1 is 1.25 bits per heavy atom. The van der Waals surface area contributed by atoms with Gasteiger partial charge in [0.1, 0.15) is 0 Å². The van der Waals surface area contributed by atoms with E-state index in [0.717, 1.165) is 12.8 Å². The summed E-state index contributed by atoms with van der Waals surface area (Å²) in [7, 11) is 0. The van der Waals surface area contributed by atoms with Crippen LogP contribution < -0.4 is 10.6 Å². The number of amides is 2. The van der Waals surface area contributed by atoms with Crippen LogP contribution in [0.1, 0.15) is 17.7 Å². The number of benzene rings is 1. The second-order valence-corrected chi connectivity index (χ2v) is 6.40. The average molecular weight is 307 g/mol. The van der Waals surface area contributed by atoms with Crippen molar-refractivity contribution in [1.29, 1.82) is 0 Å². The summed E-state index contributed by atoms with van der Waals surface area (Å²) in [5, 5.41) is 8.35. The first-order valence-electron chi connectivity index (χ1n) is 6.53. The maximum absolute atomic E-state index is 11.9. The zero-order valence-electron chi connectivity index (χ0n) is 10.9. The molecule has 2 N–H and O–H groups in total. The summed E-state index contributed by atoms with van der Waals surface area (Å²) in [6.45, 7) is 0.670. The van der Waals surface area contributed by atoms with Gasteiger partial charge in [0.05, 0.1) is 10.7 Å². The number of urea groups is 1. The van der Waals surface area contributed by atoms with Crippen molar-refractivity contribution < 1.29 is 4.79 Å². The minimum atomic E-state index is -0.207. The third-order valence-corrected chi connectivity index (χ3v) is 5.05. The Kier molecular flexibility index (Phi) is 3.68. The lowest BCUT2D eigenvalue weighted by molar-refractivity contribution is 0.251. The Morgan fingerprint density at radius 2 is 2.05 bits per heavy atom. The van der Waals surface area contributed by atoms with Gasteiger partial charge in [-0.15, -0.1) is 11.3 Å². The molecule has 1 aromatic heterocycles. The molecule has 0 aliphatic heterocycles. The van der Waals surface area contributed by atoms with Gasteiger partial charge in [-0.1, -0.05) is 29.8 Å². The molecule has 1 fully saturated rings. The van der Waals surface area contributed by atoms with Gasteiger partial charge in [0.2, 0.25) is 0 Å². The highest BCUT2D eigenvalue weighted by atomic mass is 35.5. The van der Waals surface area contributed by atoms with E-state index in [0.29, 0.717) is 17.3 Å². The van der Waals surface area contributed by atoms with Gasteiger partial charge in [-0.2, -0.15) is 0 Å². The van der Waals surface area contributed by atoms with Crippen molar-refractivity contribution in [2.45, 2.75) is 18.3 Å². The third kappa shape index (κ3) is 2.81. The van der Waals surface area contributed by atoms with E-state index in [2.05, 4.69) is 28.1 Å². The zero-order valence-corrected chi connectivity index (χ0v) is 12.4. The van der Waals surface area contributed by atoms with E-state index in [1.165, 1.54) is 4.88 Å². The number of carbonyl (C=O) groups excluding carboxylic acids is 1. The highest BCUT2D eigenvalue weighted by molar-refractivity contribution is 7.10. The van der Waals surface area contributed by atoms with Gasteiger partial charge in [0.15, 0.2) is 0 Å². The molecule has 20 heavy (non-hydrogen) atoms. The number of nitrogens with one attached hydrogen (secondary N) is 2. The number of hydrogen-bond acceptors (Lipinski definition) is 2. The van der Waals surface area contributed by atoms with Gasteiger partial charge in [-0.25, -0.2) is 4.79 Å². The van der Waals surface area contributed by atoms with Crippen LogP contribution in [0, 0.1) is 0 Å². The van der Waals surface area contributed by atoms with Crippen LogP contribution in [0.15, 0.2) is 41.8 Å². The second-order valence-electron chi connectivity index (χ2n) is 5.05. The molecule has 0 spiro atoms. The topological polar surface area (TPSA) is 41.1 Å². The molecule has 5 heteroatoms. The standard InChI is InChI=1S/C15H15ClN2OS/c16-11-4-1-2-5-12(11)18-14(19)17-10-15(7-8-15)13-6-3-9-20-13/h1-6,9H,7-8,10H2,(H2,17,18,19). The molecule has 1 saturated carbocycles. The van der Waals surface area contributed by atoms with Crippen molar-refractivity contribution in [3.8, 4) is 0 Å². The van der Waals surface area contributed by atoms with Crippen molar-refractivity contribution in [2.24, 2.45) is 0 Å². The van der Waals surface area contributed by atoms with Crippen LogP contribution in [0.25, 0.3) is 0 Å². The van der Waals surface area contributed by atoms with Crippen molar-refractivity contribution in [3.05, 3.63) is 51.7 Å². The molecule has 0 saturated heterocycles. The lowest BCUT2D eigenvalue weighted by Gasteiger charge is -2.15. The summed E-state index contributed by atoms with van der Waals surface area (Å²) in [4.78, 5) is 13.3. The molecule has 0 bridgehead atoms. The minimum Gasteiger partial charge on any atom is -0.337 e. The van der Waals surface area contributed by atoms with Gasteiger partial charge < -0.3 is 10.6 Å². The largest absolute Gasteiger partial charge is 0.337 e. The van der Waals surface area contributed by atoms with Crippen LogP contribution in [0.2, 0.25) is 5.02 Å². The summed E-state index contributed by atoms with van der Waals surface area (Å²) in [5.74, 6) is 0. The van der Waals surface area contributed by atoms with E-state index in [-0.39, 0.29) is 11.4 Å². The maximum atomic E-state index is 11.9. The summed E-state index contributed by atoms with van der Waals surface area (Å²) in [5.41, 5.74) is 0.791. The van der Waals surface area contributed by atoms with E-state index in [1.807, 2.05) is 12.1 Å². The Bertz CT molecular complexity index is 608. The number of para-hydroxylation sites is 1. The van der Waals surface area contributed by atoms with E-state index in [4.69, 9.17) is 11.6 Å². The van der Waals surface area contributed by atoms with Crippen LogP contribution in [-0.2, 0) is 5.41 Å². The van der Waals surface area contributed by atoms with Crippen molar-refractivity contribution >= 4 is 34.7 Å². The van der Waals surface area contributed by atoms with Crippen LogP contribution in [0.3, 0.4) is 0 Å². The SMILES string of the molecule is O=C(NCC1(c2cccs2)CC1)Nc1ccccc1Cl. The molecule has 1 aliphatic carbocycles. The third-order valence-electron chi connectivity index (χ3n) is 3.61. The molecule has 1 aromatic carbocycles. The van der Waals surface area contributed by atoms with Gasteiger partial charge in [-0.05, 0) is 36.4 Å². The normalized spacial score (nSPS) is 15.7. The van der Waals surface area contributed by atoms with Crippen LogP contribution in [0.5, 0.6) is 0 Å². The summed E-state index contributed by atoms with van der Waals surface area (Å²) in [6, 6.07) is 11.2. The maximum Gasteiger partial charge on any atom is 0.319 e. The van der Waals surface area contributed by atoms with Crippen molar-refractivity contribution in [3.63, 3.8) is 0 Å². The molecule has 0 unspecified atom stereocenters. The summed E-state index contributed by atoms with van der Waals surface area (Å²) in [6.07, 6.45) is 2.28. The number of hydrogen-bond donors (Lipinski definition) is 2. The number of halogens is 1. The lowest BCUT2D eigenvalue weighted by Crippen LogP contribution is -2.35. The van der Waals surface area contributed by atoms with E-state index in [1.54, 1.807) is 23.5 Å². The van der Waals surface area contributed by atoms with Crippen LogP contribution in [0.4, 0.5) is 10.5 Å². The second kappa shape index (κ2) is 5.46. The van der Waals surface area contributed by atoms with Gasteiger partial charge >= 0.3 is 6.03 Å². The van der Waals surface area contributed by atoms with Gasteiger partial charge in [0, 0.05) is 16.8 Å². The molecule has 3 rings (SSSR count). The first-order valence-corrected chi connectivity index (χ1v) is 7.79. The molecule has 1 heterocycles. The molecule has 3 nitrogen and oxygen atoms in total. The fraction of sp³-hybridized carbons (Fsp3) is 0.267. The monoisotopic (exact) mass is 306 g/mol. The Hall–Kier alpha value is -1.52. The zero-order chi connectivity index (χ0) is 14.0.